The lowest BCUT2D eigenvalue weighted by Gasteiger charge is -2.13. The van der Waals surface area contributed by atoms with Crippen LogP contribution in [0.15, 0.2) is 59.6 Å². The Kier molecular flexibility index (Phi) is 5.02. The molecule has 3 rings (SSSR count). The minimum Gasteiger partial charge on any atom is -0.397 e. The highest BCUT2D eigenvalue weighted by Crippen LogP contribution is 2.29. The van der Waals surface area contributed by atoms with Crippen LogP contribution < -0.4 is 16.4 Å². The first kappa shape index (κ1) is 16.4. The summed E-state index contributed by atoms with van der Waals surface area (Å²) in [7, 11) is 0. The number of aliphatic imine (C=N–C) groups is 1. The number of aliphatic hydroxyl groups excluding tert-OH is 1. The van der Waals surface area contributed by atoms with Crippen molar-refractivity contribution in [3.63, 3.8) is 0 Å². The minimum absolute atomic E-state index is 0.142. The number of hydrogen-bond donors (Lipinski definition) is 4. The molecule has 0 saturated carbocycles. The third-order valence-corrected chi connectivity index (χ3v) is 4.64. The molecule has 0 aliphatic carbocycles. The van der Waals surface area contributed by atoms with Gasteiger partial charge in [0.15, 0.2) is 11.4 Å². The average Bonchev–Trinajstić information content (AvgIpc) is 2.90. The molecule has 24 heavy (non-hydrogen) atoms. The van der Waals surface area contributed by atoms with E-state index in [0.717, 1.165) is 5.69 Å². The molecule has 2 unspecified atom stereocenters. The summed E-state index contributed by atoms with van der Waals surface area (Å²) in [5, 5.41) is 16.2. The fraction of sp³-hybridized carbons (Fsp3) is 0.176. The van der Waals surface area contributed by atoms with Crippen molar-refractivity contribution in [2.75, 3.05) is 16.4 Å². The third-order valence-electron chi connectivity index (χ3n) is 3.49. The van der Waals surface area contributed by atoms with Crippen LogP contribution in [-0.4, -0.2) is 27.7 Å². The van der Waals surface area contributed by atoms with Crippen LogP contribution in [0.1, 0.15) is 6.42 Å². The quantitative estimate of drug-likeness (QED) is 0.640. The van der Waals surface area contributed by atoms with Gasteiger partial charge in [-0.05, 0) is 24.3 Å². The predicted octanol–water partition coefficient (Wildman–Crippen LogP) is 2.50. The fourth-order valence-electron chi connectivity index (χ4n) is 2.29. The number of rotatable bonds is 4. The van der Waals surface area contributed by atoms with Crippen LogP contribution >= 0.6 is 11.8 Å². The second kappa shape index (κ2) is 7.37. The Balaban J connectivity index is 1.55. The number of anilines is 3. The zero-order chi connectivity index (χ0) is 16.9. The van der Waals surface area contributed by atoms with Crippen LogP contribution in [0.3, 0.4) is 0 Å². The number of carbonyl (C=O) groups is 1. The van der Waals surface area contributed by atoms with Gasteiger partial charge in [-0.2, -0.15) is 0 Å². The number of amidine groups is 1. The van der Waals surface area contributed by atoms with Crippen LogP contribution in [0, 0.1) is 0 Å². The number of nitrogens with one attached hydrogen (secondary N) is 2. The molecular weight excluding hydrogens is 324 g/mol. The Morgan fingerprint density at radius 2 is 1.88 bits per heavy atom. The normalized spacial score (nSPS) is 19.6. The van der Waals surface area contributed by atoms with Crippen molar-refractivity contribution in [1.29, 1.82) is 0 Å². The molecule has 6 nitrogen and oxygen atoms in total. The lowest BCUT2D eigenvalue weighted by molar-refractivity contribution is -0.116. The summed E-state index contributed by atoms with van der Waals surface area (Å²) in [6, 6.07) is 16.6. The number of carbonyl (C=O) groups excluding carboxylic acids is 1. The number of amides is 1. The van der Waals surface area contributed by atoms with Gasteiger partial charge in [-0.25, -0.2) is 4.99 Å². The molecule has 2 atom stereocenters. The molecule has 0 bridgehead atoms. The van der Waals surface area contributed by atoms with Gasteiger partial charge in [-0.3, -0.25) is 4.79 Å². The topological polar surface area (TPSA) is 99.7 Å². The highest BCUT2D eigenvalue weighted by atomic mass is 32.2. The summed E-state index contributed by atoms with van der Waals surface area (Å²) in [4.78, 5) is 16.3. The molecule has 1 amide bonds. The van der Waals surface area contributed by atoms with Gasteiger partial charge in [0.05, 0.1) is 16.6 Å². The van der Waals surface area contributed by atoms with E-state index in [1.807, 2.05) is 30.3 Å². The lowest BCUT2D eigenvalue weighted by Crippen LogP contribution is -2.24. The van der Waals surface area contributed by atoms with Gasteiger partial charge in [0, 0.05) is 12.1 Å². The largest absolute Gasteiger partial charge is 0.397 e. The fourth-order valence-corrected chi connectivity index (χ4v) is 3.34. The van der Waals surface area contributed by atoms with E-state index in [4.69, 9.17) is 5.73 Å². The van der Waals surface area contributed by atoms with E-state index in [1.54, 1.807) is 24.3 Å². The first-order valence-electron chi connectivity index (χ1n) is 7.51. The highest BCUT2D eigenvalue weighted by Gasteiger charge is 2.30. The predicted molar refractivity (Wildman–Crippen MR) is 99.0 cm³/mol. The Hall–Kier alpha value is -2.51. The average molecular weight is 342 g/mol. The SMILES string of the molecule is Nc1ccccc1NC(=O)CC1SC(Nc2ccccc2)=NC1O. The Morgan fingerprint density at radius 3 is 2.62 bits per heavy atom. The summed E-state index contributed by atoms with van der Waals surface area (Å²) in [6.45, 7) is 0. The van der Waals surface area contributed by atoms with Gasteiger partial charge >= 0.3 is 0 Å². The molecule has 1 heterocycles. The number of nitrogen functional groups attached to an aromatic ring is 1. The smallest absolute Gasteiger partial charge is 0.225 e. The molecule has 2 aromatic carbocycles. The maximum atomic E-state index is 12.2. The van der Waals surface area contributed by atoms with Crippen LogP contribution in [0.25, 0.3) is 0 Å². The van der Waals surface area contributed by atoms with E-state index in [-0.39, 0.29) is 17.6 Å². The molecule has 0 spiro atoms. The number of aliphatic hydroxyl groups is 1. The molecule has 1 aliphatic rings. The van der Waals surface area contributed by atoms with Gasteiger partial charge in [0.2, 0.25) is 5.91 Å². The van der Waals surface area contributed by atoms with E-state index in [9.17, 15) is 9.90 Å². The number of nitrogens with two attached hydrogens (primary N) is 1. The molecule has 0 saturated heterocycles. The Bertz CT molecular complexity index is 751. The van der Waals surface area contributed by atoms with Crippen molar-refractivity contribution in [3.8, 4) is 0 Å². The van der Waals surface area contributed by atoms with Crippen molar-refractivity contribution in [3.05, 3.63) is 54.6 Å². The van der Waals surface area contributed by atoms with Crippen LogP contribution in [0.5, 0.6) is 0 Å². The minimum atomic E-state index is -0.917. The highest BCUT2D eigenvalue weighted by molar-refractivity contribution is 8.15. The number of hydrogen-bond acceptors (Lipinski definition) is 6. The number of benzene rings is 2. The summed E-state index contributed by atoms with van der Waals surface area (Å²) in [5.74, 6) is -0.208. The van der Waals surface area contributed by atoms with Crippen molar-refractivity contribution in [2.24, 2.45) is 4.99 Å². The van der Waals surface area contributed by atoms with Crippen molar-refractivity contribution in [2.45, 2.75) is 17.9 Å². The van der Waals surface area contributed by atoms with Crippen molar-refractivity contribution < 1.29 is 9.90 Å². The number of nitrogens with zero attached hydrogens (tertiary/aromatic N) is 1. The zero-order valence-corrected chi connectivity index (χ0v) is 13.7. The monoisotopic (exact) mass is 342 g/mol. The molecule has 2 aromatic rings. The Labute approximate surface area is 144 Å². The number of thioether (sulfide) groups is 1. The molecule has 0 aromatic heterocycles. The molecule has 1 aliphatic heterocycles. The first-order valence-corrected chi connectivity index (χ1v) is 8.39. The van der Waals surface area contributed by atoms with Gasteiger partial charge < -0.3 is 21.5 Å². The zero-order valence-electron chi connectivity index (χ0n) is 12.8. The van der Waals surface area contributed by atoms with E-state index in [2.05, 4.69) is 15.6 Å². The summed E-state index contributed by atoms with van der Waals surface area (Å²) >= 11 is 1.35. The van der Waals surface area contributed by atoms with Crippen LogP contribution in [0.4, 0.5) is 17.1 Å². The number of para-hydroxylation sites is 3. The maximum absolute atomic E-state index is 12.2. The molecule has 5 N–H and O–H groups in total. The third kappa shape index (κ3) is 4.06. The van der Waals surface area contributed by atoms with Crippen LogP contribution in [0.2, 0.25) is 0 Å². The van der Waals surface area contributed by atoms with Gasteiger partial charge in [-0.1, -0.05) is 42.1 Å². The van der Waals surface area contributed by atoms with Crippen molar-refractivity contribution >= 4 is 39.9 Å². The van der Waals surface area contributed by atoms with Gasteiger partial charge in [-0.15, -0.1) is 0 Å². The molecular formula is C17H18N4O2S. The summed E-state index contributed by atoms with van der Waals surface area (Å²) < 4.78 is 0. The van der Waals surface area contributed by atoms with Crippen LogP contribution in [-0.2, 0) is 4.79 Å². The molecule has 7 heteroatoms. The first-order chi connectivity index (χ1) is 11.6. The lowest BCUT2D eigenvalue weighted by atomic mass is 10.2. The summed E-state index contributed by atoms with van der Waals surface area (Å²) in [6.07, 6.45) is -0.774. The molecule has 124 valence electrons. The standard InChI is InChI=1S/C17H18N4O2S/c18-12-8-4-5-9-13(12)20-15(22)10-14-16(23)21-17(24-14)19-11-6-2-1-3-7-11/h1-9,14,16,23H,10,18H2,(H,19,21)(H,20,22). The maximum Gasteiger partial charge on any atom is 0.225 e. The van der Waals surface area contributed by atoms with E-state index < -0.39 is 6.23 Å². The second-order valence-corrected chi connectivity index (χ2v) is 6.56. The van der Waals surface area contributed by atoms with Gasteiger partial charge in [0.25, 0.3) is 0 Å². The van der Waals surface area contributed by atoms with E-state index >= 15 is 0 Å². The van der Waals surface area contributed by atoms with E-state index in [1.165, 1.54) is 11.8 Å². The second-order valence-electron chi connectivity index (χ2n) is 5.33. The molecule has 0 fully saturated rings. The Morgan fingerprint density at radius 1 is 1.17 bits per heavy atom. The van der Waals surface area contributed by atoms with Crippen molar-refractivity contribution in [1.82, 2.24) is 0 Å². The van der Waals surface area contributed by atoms with Gasteiger partial charge in [0.1, 0.15) is 0 Å². The van der Waals surface area contributed by atoms with E-state index in [0.29, 0.717) is 16.5 Å². The summed E-state index contributed by atoms with van der Waals surface area (Å²) in [5.41, 5.74) is 7.78. The molecule has 0 radical (unpaired) electrons.